The highest BCUT2D eigenvalue weighted by Crippen LogP contribution is 2.27. The van der Waals surface area contributed by atoms with Crippen molar-refractivity contribution < 1.29 is 81.5 Å². The fourth-order valence-electron chi connectivity index (χ4n) is 3.02. The normalized spacial score (nSPS) is 12.8. The van der Waals surface area contributed by atoms with Crippen LogP contribution in [0.1, 0.15) is 43.0 Å². The van der Waals surface area contributed by atoms with Gasteiger partial charge < -0.3 is 60.2 Å². The zero-order valence-corrected chi connectivity index (χ0v) is 41.3. The Balaban J connectivity index is -0.000000105. The van der Waals surface area contributed by atoms with E-state index in [9.17, 15) is 46.5 Å². The van der Waals surface area contributed by atoms with E-state index in [2.05, 4.69) is 54.8 Å². The lowest BCUT2D eigenvalue weighted by atomic mass is 10.1. The first-order valence-electron chi connectivity index (χ1n) is 17.2. The maximum atomic E-state index is 11.4. The first-order chi connectivity index (χ1) is 28.1. The van der Waals surface area contributed by atoms with Gasteiger partial charge >= 0.3 is 43.2 Å². The highest BCUT2D eigenvalue weighted by atomic mass is 33.1. The number of esters is 6. The number of carboxylic acids is 1. The number of thiol groups is 2. The average Bonchev–Trinajstić information content (AvgIpc) is 3.24. The van der Waals surface area contributed by atoms with Gasteiger partial charge in [0, 0.05) is 28.8 Å². The zero-order chi connectivity index (χ0) is 47.9. The van der Waals surface area contributed by atoms with Crippen LogP contribution in [0.25, 0.3) is 0 Å². The molecular formula is C34H72N4O17S7. The molecule has 62 heavy (non-hydrogen) atoms. The Morgan fingerprint density at radius 2 is 0.887 bits per heavy atom. The minimum absolute atomic E-state index is 0. The number of carbonyl (C=O) groups is 7. The number of methoxy groups -OCH3 is 6. The quantitative estimate of drug-likeness (QED) is 0.0180. The lowest BCUT2D eigenvalue weighted by molar-refractivity contribution is -0.145. The van der Waals surface area contributed by atoms with Gasteiger partial charge in [-0.25, -0.2) is 8.42 Å². The van der Waals surface area contributed by atoms with Gasteiger partial charge in [-0.3, -0.25) is 33.6 Å². The highest BCUT2D eigenvalue weighted by Gasteiger charge is 2.21. The number of aliphatic carboxylic acids is 1. The highest BCUT2D eigenvalue weighted by molar-refractivity contribution is 8.77. The van der Waals surface area contributed by atoms with Gasteiger partial charge in [-0.1, -0.05) is 71.9 Å². The first-order valence-corrected chi connectivity index (χ1v) is 25.1. The largest absolute Gasteiger partial charge is 1.00 e. The van der Waals surface area contributed by atoms with Crippen molar-refractivity contribution in [1.29, 1.82) is 0 Å². The molecule has 0 bridgehead atoms. The van der Waals surface area contributed by atoms with Crippen LogP contribution in [0.3, 0.4) is 0 Å². The number of nitrogens with two attached hydrogens (primary N) is 2. The summed E-state index contributed by atoms with van der Waals surface area (Å²) in [5.74, 6) is -1.39. The molecule has 6 atom stereocenters. The number of hydrogen-bond acceptors (Lipinski definition) is 26. The minimum atomic E-state index is -4.45. The number of likely N-dealkylation sites (N-methyl/N-ethyl adjacent to an activating group) is 2. The van der Waals surface area contributed by atoms with Gasteiger partial charge in [0.1, 0.15) is 24.2 Å². The summed E-state index contributed by atoms with van der Waals surface area (Å²) in [4.78, 5) is 75.4. The van der Waals surface area contributed by atoms with E-state index < -0.39 is 45.9 Å². The molecule has 7 N–H and O–H groups in total. The summed E-state index contributed by atoms with van der Waals surface area (Å²) in [6.45, 7) is 3.91. The summed E-state index contributed by atoms with van der Waals surface area (Å²) in [6.07, 6.45) is 1.51. The van der Waals surface area contributed by atoms with E-state index in [1.165, 1.54) is 35.5 Å². The van der Waals surface area contributed by atoms with Crippen LogP contribution in [-0.4, -0.2) is 181 Å². The second-order valence-corrected chi connectivity index (χ2v) is 18.1. The summed E-state index contributed by atoms with van der Waals surface area (Å²) in [5, 5.41) is 13.4. The molecule has 28 heteroatoms. The Kier molecular flexibility index (Phi) is 58.4. The molecule has 0 heterocycles. The Morgan fingerprint density at radius 1 is 0.613 bits per heavy atom. The first kappa shape index (κ1) is 74.5. The van der Waals surface area contributed by atoms with Crippen molar-refractivity contribution >= 4 is 120 Å². The predicted molar refractivity (Wildman–Crippen MR) is 256 cm³/mol. The Hall–Kier alpha value is -1.86. The molecule has 0 aliphatic carbocycles. The van der Waals surface area contributed by atoms with Crippen molar-refractivity contribution in [3.05, 3.63) is 0 Å². The van der Waals surface area contributed by atoms with Crippen molar-refractivity contribution in [2.24, 2.45) is 23.3 Å². The lowest BCUT2D eigenvalue weighted by Gasteiger charge is -2.14. The molecule has 0 saturated carbocycles. The summed E-state index contributed by atoms with van der Waals surface area (Å²) >= 11 is 7.20. The standard InChI is InChI=1S/2C11H21NO4S2.C4H9NO5S.C4H9NO2S.C2H4O2S.2CH4/c2*1-5-8(10(13)15-3)6-17-18-7-9(12-2)11(14)16-4;1-10-4(6)3(5)2-11(7,8)9;1-7-4(6)3(5)2-8;3-2(4)1-5;;/h2*8-9,12H,5-7H2,1-4H3;3H,2,5H2,1H3,(H,7,8,9);3,8H,2,5H2,1H3;5H,1H2,(H,3,4);2*1H4. The van der Waals surface area contributed by atoms with Gasteiger partial charge in [0.15, 0.2) is 0 Å². The van der Waals surface area contributed by atoms with Crippen molar-refractivity contribution in [3.8, 4) is 0 Å². The third kappa shape index (κ3) is 44.7. The van der Waals surface area contributed by atoms with Gasteiger partial charge in [-0.05, 0) is 26.9 Å². The lowest BCUT2D eigenvalue weighted by Crippen LogP contribution is -2.38. The number of carboxylic acid groups (broad SMARTS) is 1. The van der Waals surface area contributed by atoms with Gasteiger partial charge in [-0.15, -0.1) is 0 Å². The Morgan fingerprint density at radius 3 is 1.08 bits per heavy atom. The van der Waals surface area contributed by atoms with Crippen LogP contribution in [0, 0.1) is 11.8 Å². The Labute approximate surface area is 396 Å². The molecule has 0 aliphatic heterocycles. The fraction of sp³-hybridized carbons (Fsp3) is 0.794. The van der Waals surface area contributed by atoms with E-state index in [0.29, 0.717) is 28.8 Å². The van der Waals surface area contributed by atoms with Crippen LogP contribution >= 0.6 is 68.4 Å². The minimum Gasteiger partial charge on any atom is -0.748 e. The molecule has 6 unspecified atom stereocenters. The van der Waals surface area contributed by atoms with E-state index in [1.54, 1.807) is 57.3 Å². The zero-order valence-electron chi connectivity index (χ0n) is 36.4. The van der Waals surface area contributed by atoms with Gasteiger partial charge in [0.25, 0.3) is 0 Å². The topological polar surface area (TPSA) is 328 Å². The second kappa shape index (κ2) is 48.6. The molecule has 0 radical (unpaired) electrons. The van der Waals surface area contributed by atoms with Crippen molar-refractivity contribution in [2.75, 3.05) is 97.0 Å². The molecule has 0 spiro atoms. The molecule has 0 aliphatic rings. The van der Waals surface area contributed by atoms with Crippen LogP contribution in [0.2, 0.25) is 0 Å². The van der Waals surface area contributed by atoms with Crippen LogP contribution in [-0.2, 0) is 72.1 Å². The number of rotatable bonds is 24. The summed E-state index contributed by atoms with van der Waals surface area (Å²) in [6, 6.07) is -2.60. The van der Waals surface area contributed by atoms with Crippen LogP contribution in [0.4, 0.5) is 0 Å². The molecule has 0 fully saturated rings. The van der Waals surface area contributed by atoms with Crippen molar-refractivity contribution in [1.82, 2.24) is 10.6 Å². The molecule has 0 saturated heterocycles. The van der Waals surface area contributed by atoms with E-state index in [-0.39, 0.29) is 69.8 Å². The number of nitrogens with one attached hydrogen (secondary N) is 2. The fourth-order valence-corrected chi connectivity index (χ4v) is 9.04. The molecule has 372 valence electrons. The summed E-state index contributed by atoms with van der Waals surface area (Å²) in [7, 11) is 13.1. The van der Waals surface area contributed by atoms with Gasteiger partial charge in [0.2, 0.25) is 0 Å². The van der Waals surface area contributed by atoms with Crippen molar-refractivity contribution in [2.45, 2.75) is 65.7 Å². The van der Waals surface area contributed by atoms with E-state index in [0.717, 1.165) is 20.0 Å². The SMILES string of the molecule is C.C.CCC(CSSCC(NC)C(=O)OC)C(=O)OC.CCC(CSSCC(NC)C(=O)OC)C(=O)OC.COC(=O)C(N)CS.COC(=O)C(N)CS(=O)(=O)[O-].O=C(O)CS.[H+]. The smallest absolute Gasteiger partial charge is 0.748 e. The summed E-state index contributed by atoms with van der Waals surface area (Å²) < 4.78 is 57.2. The van der Waals surface area contributed by atoms with Crippen LogP contribution in [0.5, 0.6) is 0 Å². The number of ether oxygens (including phenoxy) is 6. The monoisotopic (exact) mass is 1030 g/mol. The van der Waals surface area contributed by atoms with E-state index in [4.69, 9.17) is 26.0 Å². The number of carbonyl (C=O) groups excluding carboxylic acids is 6. The van der Waals surface area contributed by atoms with E-state index >= 15 is 0 Å². The molecular weight excluding hydrogens is 961 g/mol. The summed E-state index contributed by atoms with van der Waals surface area (Å²) in [5.41, 5.74) is 10.1. The molecule has 0 aromatic carbocycles. The molecule has 21 nitrogen and oxygen atoms in total. The molecule has 0 rings (SSSR count). The van der Waals surface area contributed by atoms with Gasteiger partial charge in [0.05, 0.1) is 76.1 Å². The second-order valence-electron chi connectivity index (χ2n) is 10.8. The molecule has 0 aromatic heterocycles. The average molecular weight is 1030 g/mol. The number of hydrogen-bond donors (Lipinski definition) is 7. The van der Waals surface area contributed by atoms with E-state index in [1.807, 2.05) is 13.8 Å². The Bertz CT molecular complexity index is 1210. The van der Waals surface area contributed by atoms with Crippen molar-refractivity contribution in [3.63, 3.8) is 0 Å². The maximum Gasteiger partial charge on any atom is 1.00 e. The van der Waals surface area contributed by atoms with Crippen LogP contribution < -0.4 is 22.1 Å². The maximum absolute atomic E-state index is 11.4. The third-order valence-electron chi connectivity index (χ3n) is 6.62. The molecule has 0 amide bonds. The molecule has 0 aromatic rings. The third-order valence-corrected chi connectivity index (χ3v) is 13.0. The van der Waals surface area contributed by atoms with Crippen LogP contribution in [0.15, 0.2) is 0 Å². The van der Waals surface area contributed by atoms with Gasteiger partial charge in [-0.2, -0.15) is 25.3 Å². The predicted octanol–water partition coefficient (Wildman–Crippen LogP) is 1.49.